The smallest absolute Gasteiger partial charge is 0.303 e. The quantitative estimate of drug-likeness (QED) is 0.319. The number of H-pyrrole nitrogens is 1. The highest BCUT2D eigenvalue weighted by atomic mass is 19.1. The van der Waals surface area contributed by atoms with Crippen LogP contribution in [0.2, 0.25) is 0 Å². The standard InChI is InChI=1S/C25H22FN3O3/c26-18-7-10-20-21(13-18)29-25(32)23(20)24(28-19-8-4-16(14-27)5-9-19)17-3-1-2-15(12-17)6-11-22(30)31/h1-5,7-10,12-13,29,32H,6,11,14,27H2,(H,30,31). The largest absolute Gasteiger partial charge is 0.494 e. The van der Waals surface area contributed by atoms with Gasteiger partial charge in [0.2, 0.25) is 0 Å². The fraction of sp³-hybridized carbons (Fsp3) is 0.120. The molecule has 0 aliphatic carbocycles. The molecule has 4 aromatic rings. The van der Waals surface area contributed by atoms with Crippen LogP contribution >= 0.6 is 0 Å². The third-order valence-corrected chi connectivity index (χ3v) is 5.22. The molecule has 0 bridgehead atoms. The number of aromatic amines is 1. The van der Waals surface area contributed by atoms with E-state index < -0.39 is 11.8 Å². The number of nitrogens with one attached hydrogen (secondary N) is 1. The molecule has 7 heteroatoms. The molecule has 6 nitrogen and oxygen atoms in total. The van der Waals surface area contributed by atoms with Crippen LogP contribution in [0, 0.1) is 5.82 Å². The first-order valence-corrected chi connectivity index (χ1v) is 10.1. The molecule has 4 rings (SSSR count). The van der Waals surface area contributed by atoms with Gasteiger partial charge in [-0.05, 0) is 53.9 Å². The number of fused-ring (bicyclic) bond motifs is 1. The van der Waals surface area contributed by atoms with E-state index in [9.17, 15) is 14.3 Å². The SMILES string of the molecule is NCc1ccc(N=C(c2cccc(CCC(=O)O)c2)c2c(O)[nH]c3cc(F)ccc23)cc1. The van der Waals surface area contributed by atoms with Gasteiger partial charge in [-0.2, -0.15) is 0 Å². The molecule has 0 saturated carbocycles. The highest BCUT2D eigenvalue weighted by molar-refractivity contribution is 6.21. The molecule has 162 valence electrons. The van der Waals surface area contributed by atoms with Gasteiger partial charge in [-0.3, -0.25) is 4.79 Å². The van der Waals surface area contributed by atoms with Crippen molar-refractivity contribution in [3.63, 3.8) is 0 Å². The monoisotopic (exact) mass is 431 g/mol. The number of benzene rings is 3. The van der Waals surface area contributed by atoms with Gasteiger partial charge >= 0.3 is 5.97 Å². The zero-order valence-electron chi connectivity index (χ0n) is 17.2. The van der Waals surface area contributed by atoms with Crippen LogP contribution in [0.5, 0.6) is 5.88 Å². The number of aromatic nitrogens is 1. The van der Waals surface area contributed by atoms with Gasteiger partial charge in [0.05, 0.1) is 22.5 Å². The van der Waals surface area contributed by atoms with Crippen LogP contribution in [0.1, 0.15) is 28.7 Å². The number of carboxylic acids is 1. The summed E-state index contributed by atoms with van der Waals surface area (Å²) < 4.78 is 13.7. The summed E-state index contributed by atoms with van der Waals surface area (Å²) >= 11 is 0. The first-order chi connectivity index (χ1) is 15.4. The lowest BCUT2D eigenvalue weighted by molar-refractivity contribution is -0.136. The molecule has 0 aliphatic heterocycles. The second kappa shape index (κ2) is 9.03. The number of aliphatic carboxylic acids is 1. The van der Waals surface area contributed by atoms with Crippen LogP contribution in [0.3, 0.4) is 0 Å². The predicted molar refractivity (Wildman–Crippen MR) is 122 cm³/mol. The summed E-state index contributed by atoms with van der Waals surface area (Å²) in [6.07, 6.45) is 0.376. The summed E-state index contributed by atoms with van der Waals surface area (Å²) in [5, 5.41) is 20.3. The average molecular weight is 431 g/mol. The Kier molecular flexibility index (Phi) is 6.00. The Morgan fingerprint density at radius 1 is 1.03 bits per heavy atom. The van der Waals surface area contributed by atoms with E-state index in [4.69, 9.17) is 15.8 Å². The third kappa shape index (κ3) is 4.53. The third-order valence-electron chi connectivity index (χ3n) is 5.22. The fourth-order valence-electron chi connectivity index (χ4n) is 3.62. The maximum Gasteiger partial charge on any atom is 0.303 e. The Bertz CT molecular complexity index is 1310. The van der Waals surface area contributed by atoms with Crippen molar-refractivity contribution in [3.8, 4) is 5.88 Å². The van der Waals surface area contributed by atoms with E-state index in [1.54, 1.807) is 6.07 Å². The molecule has 0 amide bonds. The molecule has 0 unspecified atom stereocenters. The van der Waals surface area contributed by atoms with Gasteiger partial charge in [0.1, 0.15) is 5.82 Å². The molecule has 1 aromatic heterocycles. The minimum atomic E-state index is -0.874. The van der Waals surface area contributed by atoms with Crippen LogP contribution in [0.15, 0.2) is 71.7 Å². The summed E-state index contributed by atoms with van der Waals surface area (Å²) in [6, 6.07) is 19.0. The van der Waals surface area contributed by atoms with Crippen LogP contribution in [-0.4, -0.2) is 26.9 Å². The second-order valence-corrected chi connectivity index (χ2v) is 7.46. The molecule has 1 heterocycles. The zero-order chi connectivity index (χ0) is 22.7. The van der Waals surface area contributed by atoms with E-state index in [2.05, 4.69) is 4.98 Å². The molecule has 0 aliphatic rings. The van der Waals surface area contributed by atoms with Gasteiger partial charge in [-0.1, -0.05) is 30.3 Å². The van der Waals surface area contributed by atoms with E-state index in [1.165, 1.54) is 12.1 Å². The Morgan fingerprint density at radius 3 is 2.53 bits per heavy atom. The van der Waals surface area contributed by atoms with Gasteiger partial charge < -0.3 is 20.9 Å². The number of aryl methyl sites for hydroxylation is 1. The molecule has 0 radical (unpaired) electrons. The minimum Gasteiger partial charge on any atom is -0.494 e. The van der Waals surface area contributed by atoms with Crippen molar-refractivity contribution in [2.75, 3.05) is 0 Å². The number of rotatable bonds is 7. The Hall–Kier alpha value is -3.97. The number of hydrogen-bond donors (Lipinski definition) is 4. The lowest BCUT2D eigenvalue weighted by atomic mass is 9.97. The van der Waals surface area contributed by atoms with Crippen LogP contribution in [0.25, 0.3) is 10.9 Å². The molecular weight excluding hydrogens is 409 g/mol. The summed E-state index contributed by atoms with van der Waals surface area (Å²) in [5.41, 5.74) is 10.2. The highest BCUT2D eigenvalue weighted by Gasteiger charge is 2.19. The van der Waals surface area contributed by atoms with Crippen molar-refractivity contribution in [2.45, 2.75) is 19.4 Å². The number of aromatic hydroxyl groups is 1. The number of carboxylic acid groups (broad SMARTS) is 1. The van der Waals surface area contributed by atoms with Gasteiger partial charge in [-0.25, -0.2) is 9.38 Å². The van der Waals surface area contributed by atoms with Crippen LogP contribution < -0.4 is 5.73 Å². The maximum atomic E-state index is 13.7. The van der Waals surface area contributed by atoms with Crippen molar-refractivity contribution < 1.29 is 19.4 Å². The molecule has 32 heavy (non-hydrogen) atoms. The van der Waals surface area contributed by atoms with E-state index in [0.717, 1.165) is 11.1 Å². The number of nitrogens with two attached hydrogens (primary N) is 1. The second-order valence-electron chi connectivity index (χ2n) is 7.46. The lowest BCUT2D eigenvalue weighted by Gasteiger charge is -2.10. The first kappa shape index (κ1) is 21.3. The molecule has 0 saturated heterocycles. The Morgan fingerprint density at radius 2 is 1.81 bits per heavy atom. The van der Waals surface area contributed by atoms with Gasteiger partial charge in [0.25, 0.3) is 0 Å². The summed E-state index contributed by atoms with van der Waals surface area (Å²) in [7, 11) is 0. The van der Waals surface area contributed by atoms with Crippen LogP contribution in [-0.2, 0) is 17.8 Å². The predicted octanol–water partition coefficient (Wildman–Crippen LogP) is 4.66. The summed E-state index contributed by atoms with van der Waals surface area (Å²) in [6.45, 7) is 0.414. The number of halogens is 1. The number of hydrogen-bond acceptors (Lipinski definition) is 4. The maximum absolute atomic E-state index is 13.7. The van der Waals surface area contributed by atoms with E-state index in [0.29, 0.717) is 46.4 Å². The van der Waals surface area contributed by atoms with Crippen molar-refractivity contribution in [3.05, 3.63) is 94.8 Å². The van der Waals surface area contributed by atoms with Gasteiger partial charge in [0, 0.05) is 23.9 Å². The molecule has 3 aromatic carbocycles. The molecule has 0 atom stereocenters. The number of carbonyl (C=O) groups is 1. The van der Waals surface area contributed by atoms with Gasteiger partial charge in [0.15, 0.2) is 5.88 Å². The minimum absolute atomic E-state index is 0.00803. The van der Waals surface area contributed by atoms with Gasteiger partial charge in [-0.15, -0.1) is 0 Å². The number of nitrogens with zero attached hydrogens (tertiary/aromatic N) is 1. The highest BCUT2D eigenvalue weighted by Crippen LogP contribution is 2.32. The Labute approximate surface area is 183 Å². The van der Waals surface area contributed by atoms with E-state index in [-0.39, 0.29) is 12.3 Å². The summed E-state index contributed by atoms with van der Waals surface area (Å²) in [5.74, 6) is -1.42. The van der Waals surface area contributed by atoms with E-state index in [1.807, 2.05) is 48.5 Å². The summed E-state index contributed by atoms with van der Waals surface area (Å²) in [4.78, 5) is 18.6. The topological polar surface area (TPSA) is 112 Å². The molecule has 0 spiro atoms. The number of aliphatic imine (C=N–C) groups is 1. The van der Waals surface area contributed by atoms with Crippen molar-refractivity contribution in [2.24, 2.45) is 10.7 Å². The molecule has 5 N–H and O–H groups in total. The normalized spacial score (nSPS) is 11.8. The van der Waals surface area contributed by atoms with E-state index >= 15 is 0 Å². The fourth-order valence-corrected chi connectivity index (χ4v) is 3.62. The van der Waals surface area contributed by atoms with Crippen molar-refractivity contribution in [1.29, 1.82) is 0 Å². The first-order valence-electron chi connectivity index (χ1n) is 10.1. The molecular formula is C25H22FN3O3. The lowest BCUT2D eigenvalue weighted by Crippen LogP contribution is -2.05. The average Bonchev–Trinajstić information content (AvgIpc) is 3.11. The molecule has 0 fully saturated rings. The zero-order valence-corrected chi connectivity index (χ0v) is 17.2. The van der Waals surface area contributed by atoms with Crippen LogP contribution in [0.4, 0.5) is 10.1 Å². The van der Waals surface area contributed by atoms with Crippen molar-refractivity contribution in [1.82, 2.24) is 4.98 Å². The van der Waals surface area contributed by atoms with Crippen molar-refractivity contribution >= 4 is 28.3 Å². The Balaban J connectivity index is 1.88.